The number of amides is 2. The third kappa shape index (κ3) is 3.61. The topological polar surface area (TPSA) is 91.2 Å². The number of nitrogens with one attached hydrogen (secondary N) is 2. The van der Waals surface area contributed by atoms with Gasteiger partial charge in [0.1, 0.15) is 11.5 Å². The molecule has 0 spiro atoms. The Balaban J connectivity index is 1.55. The van der Waals surface area contributed by atoms with Gasteiger partial charge in [0, 0.05) is 31.6 Å². The molecule has 3 heterocycles. The molecule has 23 heavy (non-hydrogen) atoms. The van der Waals surface area contributed by atoms with Crippen LogP contribution in [0, 0.1) is 0 Å². The average molecular weight is 316 g/mol. The van der Waals surface area contributed by atoms with Gasteiger partial charge in [0.05, 0.1) is 12.8 Å². The van der Waals surface area contributed by atoms with Crippen molar-refractivity contribution in [1.29, 1.82) is 0 Å². The third-order valence-electron chi connectivity index (χ3n) is 4.21. The summed E-state index contributed by atoms with van der Waals surface area (Å²) in [5, 5.41) is 9.82. The zero-order chi connectivity index (χ0) is 16.2. The molecule has 1 aliphatic rings. The lowest BCUT2D eigenvalue weighted by atomic mass is 9.93. The Hall–Kier alpha value is -2.57. The van der Waals surface area contributed by atoms with E-state index < -0.39 is 0 Å². The summed E-state index contributed by atoms with van der Waals surface area (Å²) in [5.74, 6) is 0.895. The summed E-state index contributed by atoms with van der Waals surface area (Å²) >= 11 is 0. The molecule has 0 unspecified atom stereocenters. The Morgan fingerprint density at radius 2 is 2.22 bits per heavy atom. The highest BCUT2D eigenvalue weighted by Gasteiger charge is 2.24. The molecule has 2 aromatic heterocycles. The van der Waals surface area contributed by atoms with Gasteiger partial charge in [0.15, 0.2) is 0 Å². The van der Waals surface area contributed by atoms with Gasteiger partial charge >= 0.3 is 0 Å². The van der Waals surface area contributed by atoms with Crippen molar-refractivity contribution in [3.8, 4) is 0 Å². The van der Waals surface area contributed by atoms with Gasteiger partial charge in [0.25, 0.3) is 5.91 Å². The molecule has 1 saturated heterocycles. The van der Waals surface area contributed by atoms with Crippen LogP contribution >= 0.6 is 0 Å². The highest BCUT2D eigenvalue weighted by molar-refractivity contribution is 5.92. The van der Waals surface area contributed by atoms with Crippen molar-refractivity contribution in [3.63, 3.8) is 0 Å². The fraction of sp³-hybridized carbons (Fsp3) is 0.438. The predicted molar refractivity (Wildman–Crippen MR) is 82.7 cm³/mol. The zero-order valence-corrected chi connectivity index (χ0v) is 13.0. The van der Waals surface area contributed by atoms with Crippen LogP contribution in [0.5, 0.6) is 0 Å². The number of furan rings is 1. The van der Waals surface area contributed by atoms with E-state index in [1.165, 1.54) is 0 Å². The second-order valence-corrected chi connectivity index (χ2v) is 5.75. The molecule has 0 bridgehead atoms. The summed E-state index contributed by atoms with van der Waals surface area (Å²) in [6, 6.07) is 5.38. The smallest absolute Gasteiger partial charge is 0.272 e. The first-order valence-electron chi connectivity index (χ1n) is 7.75. The van der Waals surface area contributed by atoms with Gasteiger partial charge in [-0.1, -0.05) is 0 Å². The van der Waals surface area contributed by atoms with E-state index in [1.54, 1.807) is 31.4 Å². The van der Waals surface area contributed by atoms with Crippen LogP contribution in [-0.4, -0.2) is 40.0 Å². The maximum absolute atomic E-state index is 12.1. The summed E-state index contributed by atoms with van der Waals surface area (Å²) in [7, 11) is 0. The van der Waals surface area contributed by atoms with Crippen LogP contribution in [-0.2, 0) is 11.3 Å². The van der Waals surface area contributed by atoms with Gasteiger partial charge in [-0.15, -0.1) is 0 Å². The Morgan fingerprint density at radius 3 is 2.87 bits per heavy atom. The van der Waals surface area contributed by atoms with E-state index in [1.807, 2.05) is 4.90 Å². The molecule has 7 heteroatoms. The minimum Gasteiger partial charge on any atom is -0.467 e. The zero-order valence-electron chi connectivity index (χ0n) is 13.0. The molecule has 0 aromatic carbocycles. The molecule has 1 aliphatic heterocycles. The minimum atomic E-state index is -0.231. The van der Waals surface area contributed by atoms with Crippen LogP contribution in [0.1, 0.15) is 47.6 Å². The maximum atomic E-state index is 12.1. The van der Waals surface area contributed by atoms with Gasteiger partial charge < -0.3 is 14.6 Å². The van der Waals surface area contributed by atoms with Crippen molar-refractivity contribution < 1.29 is 14.0 Å². The molecule has 7 nitrogen and oxygen atoms in total. The number of piperidine rings is 1. The van der Waals surface area contributed by atoms with Crippen molar-refractivity contribution in [3.05, 3.63) is 41.6 Å². The Labute approximate surface area is 134 Å². The van der Waals surface area contributed by atoms with Crippen LogP contribution in [0.3, 0.4) is 0 Å². The lowest BCUT2D eigenvalue weighted by molar-refractivity contribution is -0.129. The first-order valence-corrected chi connectivity index (χ1v) is 7.75. The van der Waals surface area contributed by atoms with Crippen molar-refractivity contribution in [2.24, 2.45) is 0 Å². The SMILES string of the molecule is CC(=O)N1CCC(c2cc(C(=O)NCc3ccco3)n[nH]2)CC1. The molecule has 0 atom stereocenters. The van der Waals surface area contributed by atoms with Gasteiger partial charge in [0.2, 0.25) is 5.91 Å². The number of hydrogen-bond donors (Lipinski definition) is 2. The highest BCUT2D eigenvalue weighted by atomic mass is 16.3. The molecule has 2 amide bonds. The van der Waals surface area contributed by atoms with Crippen LogP contribution in [0.25, 0.3) is 0 Å². The van der Waals surface area contributed by atoms with Crippen LogP contribution in [0.4, 0.5) is 0 Å². The predicted octanol–water partition coefficient (Wildman–Crippen LogP) is 1.66. The van der Waals surface area contributed by atoms with Gasteiger partial charge in [-0.25, -0.2) is 0 Å². The molecule has 3 rings (SSSR count). The first-order chi connectivity index (χ1) is 11.1. The Kier molecular flexibility index (Phi) is 4.45. The molecule has 2 aromatic rings. The number of likely N-dealkylation sites (tertiary alicyclic amines) is 1. The average Bonchev–Trinajstić information content (AvgIpc) is 3.24. The molecular weight excluding hydrogens is 296 g/mol. The Morgan fingerprint density at radius 1 is 1.43 bits per heavy atom. The molecular formula is C16H20N4O3. The summed E-state index contributed by atoms with van der Waals surface area (Å²) < 4.78 is 5.17. The number of aromatic nitrogens is 2. The molecule has 0 aliphatic carbocycles. The van der Waals surface area contributed by atoms with E-state index >= 15 is 0 Å². The fourth-order valence-corrected chi connectivity index (χ4v) is 2.84. The molecule has 2 N–H and O–H groups in total. The summed E-state index contributed by atoms with van der Waals surface area (Å²) in [4.78, 5) is 25.3. The number of hydrogen-bond acceptors (Lipinski definition) is 4. The summed E-state index contributed by atoms with van der Waals surface area (Å²) in [6.45, 7) is 3.43. The number of nitrogens with zero attached hydrogens (tertiary/aromatic N) is 2. The number of aromatic amines is 1. The minimum absolute atomic E-state index is 0.117. The standard InChI is InChI=1S/C16H20N4O3/c1-11(21)20-6-4-12(5-7-20)14-9-15(19-18-14)16(22)17-10-13-3-2-8-23-13/h2-3,8-9,12H,4-7,10H2,1H3,(H,17,22)(H,18,19). The second kappa shape index (κ2) is 6.68. The van der Waals surface area contributed by atoms with Crippen LogP contribution in [0.15, 0.2) is 28.9 Å². The van der Waals surface area contributed by atoms with E-state index in [9.17, 15) is 9.59 Å². The number of H-pyrrole nitrogens is 1. The van der Waals surface area contributed by atoms with Crippen molar-refractivity contribution in [2.45, 2.75) is 32.2 Å². The van der Waals surface area contributed by atoms with Crippen molar-refractivity contribution in [2.75, 3.05) is 13.1 Å². The number of carbonyl (C=O) groups excluding carboxylic acids is 2. The molecule has 0 saturated carbocycles. The normalized spacial score (nSPS) is 15.6. The van der Waals surface area contributed by atoms with Crippen molar-refractivity contribution in [1.82, 2.24) is 20.4 Å². The highest BCUT2D eigenvalue weighted by Crippen LogP contribution is 2.27. The monoisotopic (exact) mass is 316 g/mol. The number of rotatable bonds is 4. The van der Waals surface area contributed by atoms with E-state index in [0.29, 0.717) is 23.9 Å². The van der Waals surface area contributed by atoms with Crippen molar-refractivity contribution >= 4 is 11.8 Å². The van der Waals surface area contributed by atoms with Gasteiger partial charge in [-0.05, 0) is 31.0 Å². The van der Waals surface area contributed by atoms with E-state index in [0.717, 1.165) is 31.6 Å². The van der Waals surface area contributed by atoms with Crippen LogP contribution in [0.2, 0.25) is 0 Å². The first kappa shape index (κ1) is 15.3. The van der Waals surface area contributed by atoms with Gasteiger partial charge in [-0.2, -0.15) is 5.10 Å². The van der Waals surface area contributed by atoms with E-state index in [-0.39, 0.29) is 11.8 Å². The lowest BCUT2D eigenvalue weighted by Gasteiger charge is -2.30. The van der Waals surface area contributed by atoms with Crippen LogP contribution < -0.4 is 5.32 Å². The largest absolute Gasteiger partial charge is 0.467 e. The molecule has 122 valence electrons. The molecule has 0 radical (unpaired) electrons. The fourth-order valence-electron chi connectivity index (χ4n) is 2.84. The molecule has 1 fully saturated rings. The number of carbonyl (C=O) groups is 2. The third-order valence-corrected chi connectivity index (χ3v) is 4.21. The summed E-state index contributed by atoms with van der Waals surface area (Å²) in [6.07, 6.45) is 3.34. The van der Waals surface area contributed by atoms with E-state index in [2.05, 4.69) is 15.5 Å². The maximum Gasteiger partial charge on any atom is 0.272 e. The second-order valence-electron chi connectivity index (χ2n) is 5.75. The lowest BCUT2D eigenvalue weighted by Crippen LogP contribution is -2.36. The summed E-state index contributed by atoms with van der Waals surface area (Å²) in [5.41, 5.74) is 1.33. The van der Waals surface area contributed by atoms with Gasteiger partial charge in [-0.3, -0.25) is 14.7 Å². The quantitative estimate of drug-likeness (QED) is 0.897. The van der Waals surface area contributed by atoms with E-state index in [4.69, 9.17) is 4.42 Å². The Bertz CT molecular complexity index is 669.